The number of rotatable bonds is 5. The third-order valence-electron chi connectivity index (χ3n) is 3.61. The highest BCUT2D eigenvalue weighted by atomic mass is 79.9. The molecule has 1 amide bonds. The molecule has 5 nitrogen and oxygen atoms in total. The normalized spacial score (nSPS) is 16.1. The molecule has 0 heterocycles. The molecule has 0 unspecified atom stereocenters. The third kappa shape index (κ3) is 5.37. The quantitative estimate of drug-likeness (QED) is 0.493. The fourth-order valence-electron chi connectivity index (χ4n) is 2.44. The SMILES string of the molecule is O=C(CNC1CCCCC1)N/N=C\c1cc(Br)cc(Br)c1O. The number of phenols is 1. The van der Waals surface area contributed by atoms with Crippen molar-refractivity contribution in [2.45, 2.75) is 38.1 Å². The van der Waals surface area contributed by atoms with E-state index in [1.165, 1.54) is 25.5 Å². The lowest BCUT2D eigenvalue weighted by Gasteiger charge is -2.22. The summed E-state index contributed by atoms with van der Waals surface area (Å²) in [7, 11) is 0. The second-order valence-corrected chi connectivity index (χ2v) is 7.10. The summed E-state index contributed by atoms with van der Waals surface area (Å²) in [6.07, 6.45) is 7.44. The Labute approximate surface area is 146 Å². The Bertz CT molecular complexity index is 558. The van der Waals surface area contributed by atoms with Crippen molar-refractivity contribution in [2.75, 3.05) is 6.54 Å². The molecule has 1 fully saturated rings. The molecule has 0 aromatic heterocycles. The van der Waals surface area contributed by atoms with Crippen molar-refractivity contribution < 1.29 is 9.90 Å². The molecule has 1 aliphatic carbocycles. The Morgan fingerprint density at radius 1 is 1.32 bits per heavy atom. The Morgan fingerprint density at radius 3 is 2.77 bits per heavy atom. The van der Waals surface area contributed by atoms with Crippen molar-refractivity contribution in [1.82, 2.24) is 10.7 Å². The van der Waals surface area contributed by atoms with Crippen LogP contribution >= 0.6 is 31.9 Å². The summed E-state index contributed by atoms with van der Waals surface area (Å²) < 4.78 is 1.37. The maximum absolute atomic E-state index is 11.7. The zero-order valence-electron chi connectivity index (χ0n) is 12.1. The van der Waals surface area contributed by atoms with Crippen molar-refractivity contribution in [3.63, 3.8) is 0 Å². The number of hydrogen-bond donors (Lipinski definition) is 3. The van der Waals surface area contributed by atoms with Crippen LogP contribution in [0.15, 0.2) is 26.2 Å². The highest BCUT2D eigenvalue weighted by molar-refractivity contribution is 9.11. The molecule has 0 atom stereocenters. The lowest BCUT2D eigenvalue weighted by atomic mass is 9.95. The molecule has 1 aromatic rings. The Balaban J connectivity index is 1.80. The van der Waals surface area contributed by atoms with Gasteiger partial charge in [-0.15, -0.1) is 0 Å². The topological polar surface area (TPSA) is 73.7 Å². The van der Waals surface area contributed by atoms with Gasteiger partial charge in [0.05, 0.1) is 17.2 Å². The van der Waals surface area contributed by atoms with Crippen molar-refractivity contribution in [3.05, 3.63) is 26.6 Å². The van der Waals surface area contributed by atoms with Crippen LogP contribution in [0, 0.1) is 0 Å². The minimum absolute atomic E-state index is 0.0847. The molecule has 0 saturated heterocycles. The van der Waals surface area contributed by atoms with Crippen LogP contribution in [0.1, 0.15) is 37.7 Å². The number of carbonyl (C=O) groups is 1. The summed E-state index contributed by atoms with van der Waals surface area (Å²) in [5, 5.41) is 17.0. The van der Waals surface area contributed by atoms with Crippen molar-refractivity contribution >= 4 is 44.0 Å². The number of nitrogens with zero attached hydrogens (tertiary/aromatic N) is 1. The summed E-state index contributed by atoms with van der Waals surface area (Å²) in [5.41, 5.74) is 2.98. The molecule has 0 spiro atoms. The lowest BCUT2D eigenvalue weighted by molar-refractivity contribution is -0.120. The van der Waals surface area contributed by atoms with E-state index in [0.29, 0.717) is 16.1 Å². The van der Waals surface area contributed by atoms with Crippen LogP contribution in [0.3, 0.4) is 0 Å². The first kappa shape index (κ1) is 17.4. The van der Waals surface area contributed by atoms with Crippen LogP contribution in [0.5, 0.6) is 5.75 Å². The first-order valence-corrected chi connectivity index (χ1v) is 8.88. The van der Waals surface area contributed by atoms with Crippen LogP contribution in [-0.4, -0.2) is 29.8 Å². The standard InChI is InChI=1S/C15H19Br2N3O2/c16-11-6-10(15(22)13(17)7-11)8-19-20-14(21)9-18-12-4-2-1-3-5-12/h6-8,12,18,22H,1-5,9H2,(H,20,21)/b19-8-. The predicted molar refractivity (Wildman–Crippen MR) is 94.1 cm³/mol. The van der Waals surface area contributed by atoms with E-state index >= 15 is 0 Å². The molecule has 2 rings (SSSR count). The molecular weight excluding hydrogens is 414 g/mol. The molecule has 7 heteroatoms. The van der Waals surface area contributed by atoms with Crippen molar-refractivity contribution in [3.8, 4) is 5.75 Å². The number of carbonyl (C=O) groups excluding carboxylic acids is 1. The van der Waals surface area contributed by atoms with E-state index in [4.69, 9.17) is 0 Å². The van der Waals surface area contributed by atoms with Gasteiger partial charge in [0.25, 0.3) is 5.91 Å². The zero-order valence-corrected chi connectivity index (χ0v) is 15.3. The van der Waals surface area contributed by atoms with E-state index in [1.54, 1.807) is 12.1 Å². The van der Waals surface area contributed by atoms with Gasteiger partial charge in [0.1, 0.15) is 5.75 Å². The van der Waals surface area contributed by atoms with E-state index < -0.39 is 0 Å². The summed E-state index contributed by atoms with van der Waals surface area (Å²) in [6, 6.07) is 3.89. The van der Waals surface area contributed by atoms with Gasteiger partial charge < -0.3 is 10.4 Å². The molecule has 1 saturated carbocycles. The molecule has 22 heavy (non-hydrogen) atoms. The number of halogens is 2. The van der Waals surface area contributed by atoms with Gasteiger partial charge in [-0.25, -0.2) is 5.43 Å². The maximum Gasteiger partial charge on any atom is 0.254 e. The molecule has 1 aliphatic rings. The highest BCUT2D eigenvalue weighted by Gasteiger charge is 2.13. The first-order chi connectivity index (χ1) is 10.6. The van der Waals surface area contributed by atoms with Gasteiger partial charge in [-0.3, -0.25) is 4.79 Å². The average molecular weight is 433 g/mol. The van der Waals surface area contributed by atoms with Crippen LogP contribution < -0.4 is 10.7 Å². The minimum Gasteiger partial charge on any atom is -0.506 e. The van der Waals surface area contributed by atoms with Gasteiger partial charge in [0.2, 0.25) is 0 Å². The van der Waals surface area contributed by atoms with Gasteiger partial charge in [0.15, 0.2) is 0 Å². The Hall–Kier alpha value is -0.920. The van der Waals surface area contributed by atoms with Crippen molar-refractivity contribution in [1.29, 1.82) is 0 Å². The second-order valence-electron chi connectivity index (χ2n) is 5.33. The number of hydrogen-bond acceptors (Lipinski definition) is 4. The second kappa shape index (κ2) is 8.64. The van der Waals surface area contributed by atoms with E-state index in [9.17, 15) is 9.90 Å². The largest absolute Gasteiger partial charge is 0.506 e. The van der Waals surface area contributed by atoms with Crippen molar-refractivity contribution in [2.24, 2.45) is 5.10 Å². The smallest absolute Gasteiger partial charge is 0.254 e. The number of nitrogens with one attached hydrogen (secondary N) is 2. The van der Waals surface area contributed by atoms with Crippen LogP contribution in [0.2, 0.25) is 0 Å². The number of amides is 1. The first-order valence-electron chi connectivity index (χ1n) is 7.29. The summed E-state index contributed by atoms with van der Waals surface area (Å²) in [4.78, 5) is 11.7. The van der Waals surface area contributed by atoms with E-state index in [0.717, 1.165) is 17.3 Å². The molecule has 0 radical (unpaired) electrons. The fraction of sp³-hybridized carbons (Fsp3) is 0.467. The van der Waals surface area contributed by atoms with E-state index in [-0.39, 0.29) is 18.2 Å². The highest BCUT2D eigenvalue weighted by Crippen LogP contribution is 2.30. The number of benzene rings is 1. The van der Waals surface area contributed by atoms with Gasteiger partial charge in [-0.2, -0.15) is 5.10 Å². The maximum atomic E-state index is 11.7. The average Bonchev–Trinajstić information content (AvgIpc) is 2.51. The molecule has 0 bridgehead atoms. The molecule has 0 aliphatic heterocycles. The minimum atomic E-state index is -0.185. The molecular formula is C15H19Br2N3O2. The van der Waals surface area contributed by atoms with E-state index in [2.05, 4.69) is 47.7 Å². The van der Waals surface area contributed by atoms with Gasteiger partial charge in [-0.1, -0.05) is 35.2 Å². The fourth-order valence-corrected chi connectivity index (χ4v) is 3.70. The lowest BCUT2D eigenvalue weighted by Crippen LogP contribution is -2.38. The summed E-state index contributed by atoms with van der Waals surface area (Å²) >= 11 is 6.58. The zero-order chi connectivity index (χ0) is 15.9. The summed E-state index contributed by atoms with van der Waals surface area (Å²) in [5.74, 6) is -0.100. The Kier molecular flexibility index (Phi) is 6.85. The summed E-state index contributed by atoms with van der Waals surface area (Å²) in [6.45, 7) is 0.260. The number of aromatic hydroxyl groups is 1. The van der Waals surface area contributed by atoms with Crippen LogP contribution in [-0.2, 0) is 4.79 Å². The van der Waals surface area contributed by atoms with Gasteiger partial charge in [-0.05, 0) is 40.9 Å². The van der Waals surface area contributed by atoms with Crippen LogP contribution in [0.25, 0.3) is 0 Å². The molecule has 120 valence electrons. The monoisotopic (exact) mass is 431 g/mol. The van der Waals surface area contributed by atoms with Gasteiger partial charge in [0, 0.05) is 16.1 Å². The predicted octanol–water partition coefficient (Wildman–Crippen LogP) is 3.29. The third-order valence-corrected chi connectivity index (χ3v) is 4.67. The molecule has 1 aromatic carbocycles. The number of phenolic OH excluding ortho intramolecular Hbond substituents is 1. The van der Waals surface area contributed by atoms with Crippen LogP contribution in [0.4, 0.5) is 0 Å². The molecule has 3 N–H and O–H groups in total. The number of hydrazone groups is 1. The van der Waals surface area contributed by atoms with Gasteiger partial charge >= 0.3 is 0 Å². The van der Waals surface area contributed by atoms with E-state index in [1.807, 2.05) is 0 Å². The Morgan fingerprint density at radius 2 is 2.05 bits per heavy atom.